The summed E-state index contributed by atoms with van der Waals surface area (Å²) >= 11 is 0. The lowest BCUT2D eigenvalue weighted by molar-refractivity contribution is -0.217. The van der Waals surface area contributed by atoms with Gasteiger partial charge in [0.25, 0.3) is 0 Å². The predicted molar refractivity (Wildman–Crippen MR) is 93.8 cm³/mol. The van der Waals surface area contributed by atoms with E-state index in [0.717, 1.165) is 10.1 Å². The van der Waals surface area contributed by atoms with E-state index >= 15 is 0 Å². The number of carbonyl (C=O) groups is 3. The second-order valence-corrected chi connectivity index (χ2v) is 7.55. The van der Waals surface area contributed by atoms with Crippen molar-refractivity contribution in [2.75, 3.05) is 26.3 Å². The molecule has 0 N–H and O–H groups in total. The smallest absolute Gasteiger partial charge is 0.434 e. The zero-order valence-corrected chi connectivity index (χ0v) is 16.6. The highest BCUT2D eigenvalue weighted by Crippen LogP contribution is 2.10. The van der Waals surface area contributed by atoms with E-state index in [1.54, 1.807) is 0 Å². The van der Waals surface area contributed by atoms with Crippen molar-refractivity contribution in [1.82, 2.24) is 10.1 Å². The normalized spacial score (nSPS) is 11.6. The van der Waals surface area contributed by atoms with E-state index in [0.29, 0.717) is 38.8 Å². The lowest BCUT2D eigenvalue weighted by Crippen LogP contribution is -2.34. The molecule has 0 spiro atoms. The molecule has 152 valence electrons. The molecule has 2 amide bonds. The predicted octanol–water partition coefficient (Wildman–Crippen LogP) is 2.30. The molecule has 0 aliphatic carbocycles. The van der Waals surface area contributed by atoms with Gasteiger partial charge in [-0.3, -0.25) is 19.3 Å². The van der Waals surface area contributed by atoms with E-state index in [-0.39, 0.29) is 13.2 Å². The van der Waals surface area contributed by atoms with Crippen LogP contribution in [-0.4, -0.2) is 66.6 Å². The molecule has 0 radical (unpaired) electrons. The molecule has 0 heterocycles. The fraction of sp³-hybridized carbons (Fsp3) is 0.824. The maximum absolute atomic E-state index is 11.5. The minimum absolute atomic E-state index is 0.101. The topological polar surface area (TPSA) is 94.6 Å². The van der Waals surface area contributed by atoms with Gasteiger partial charge >= 0.3 is 6.16 Å². The monoisotopic (exact) mass is 376 g/mol. The van der Waals surface area contributed by atoms with E-state index in [9.17, 15) is 14.4 Å². The Morgan fingerprint density at radius 2 is 1.12 bits per heavy atom. The van der Waals surface area contributed by atoms with Gasteiger partial charge in [0, 0.05) is 12.8 Å². The van der Waals surface area contributed by atoms with Gasteiger partial charge < -0.3 is 9.47 Å². The van der Waals surface area contributed by atoms with Crippen molar-refractivity contribution in [3.8, 4) is 0 Å². The lowest BCUT2D eigenvalue weighted by Gasteiger charge is -2.26. The summed E-state index contributed by atoms with van der Waals surface area (Å²) in [6.45, 7) is 11.8. The zero-order chi connectivity index (χ0) is 20.2. The van der Waals surface area contributed by atoms with Crippen molar-refractivity contribution in [3.05, 3.63) is 0 Å². The minimum Gasteiger partial charge on any atom is -0.434 e. The molecule has 9 nitrogen and oxygen atoms in total. The highest BCUT2D eigenvalue weighted by Gasteiger charge is 2.17. The second kappa shape index (κ2) is 11.7. The average molecular weight is 376 g/mol. The Kier molecular flexibility index (Phi) is 10.8. The first-order valence-corrected chi connectivity index (χ1v) is 8.58. The Labute approximate surface area is 155 Å². The summed E-state index contributed by atoms with van der Waals surface area (Å²) in [5.41, 5.74) is -0.959. The van der Waals surface area contributed by atoms with Gasteiger partial charge in [-0.25, -0.2) is 14.9 Å². The molecule has 0 aliphatic heterocycles. The molecular formula is C17H32N2O7. The Bertz CT molecular complexity index is 392. The van der Waals surface area contributed by atoms with E-state index < -0.39 is 17.4 Å². The number of rotatable bonds is 12. The molecule has 9 heteroatoms. The highest BCUT2D eigenvalue weighted by molar-refractivity contribution is 5.59. The first-order valence-electron chi connectivity index (χ1n) is 8.58. The molecule has 0 saturated heterocycles. The van der Waals surface area contributed by atoms with Crippen LogP contribution in [-0.2, 0) is 28.7 Å². The van der Waals surface area contributed by atoms with Gasteiger partial charge in [0.1, 0.15) is 0 Å². The third-order valence-corrected chi connectivity index (χ3v) is 2.50. The molecule has 0 saturated carbocycles. The van der Waals surface area contributed by atoms with E-state index in [1.807, 2.05) is 41.5 Å². The fourth-order valence-corrected chi connectivity index (χ4v) is 1.74. The Balaban J connectivity index is 3.83. The van der Waals surface area contributed by atoms with E-state index in [2.05, 4.69) is 0 Å². The van der Waals surface area contributed by atoms with Crippen LogP contribution in [0, 0.1) is 0 Å². The standard InChI is InChI=1S/C17H32N2O7/c1-16(2,3)25-18(13-20)9-7-11-23-15(22)24-12-8-10-19(14-21)26-17(4,5)6/h13-14H,7-12H2,1-6H3. The summed E-state index contributed by atoms with van der Waals surface area (Å²) in [5.74, 6) is 0. The number of hydrogen-bond acceptors (Lipinski definition) is 7. The molecular weight excluding hydrogens is 344 g/mol. The summed E-state index contributed by atoms with van der Waals surface area (Å²) in [4.78, 5) is 44.0. The molecule has 26 heavy (non-hydrogen) atoms. The van der Waals surface area contributed by atoms with Crippen LogP contribution in [0.5, 0.6) is 0 Å². The third-order valence-electron chi connectivity index (χ3n) is 2.50. The van der Waals surface area contributed by atoms with E-state index in [4.69, 9.17) is 19.1 Å². The lowest BCUT2D eigenvalue weighted by atomic mass is 10.2. The number of nitrogens with zero attached hydrogens (tertiary/aromatic N) is 2. The highest BCUT2D eigenvalue weighted by atomic mass is 16.7. The van der Waals surface area contributed by atoms with Gasteiger partial charge in [-0.2, -0.15) is 0 Å². The number of hydroxylamine groups is 4. The summed E-state index contributed by atoms with van der Waals surface area (Å²) in [7, 11) is 0. The molecule has 0 bridgehead atoms. The largest absolute Gasteiger partial charge is 0.508 e. The molecule has 0 aromatic carbocycles. The van der Waals surface area contributed by atoms with E-state index in [1.165, 1.54) is 0 Å². The van der Waals surface area contributed by atoms with Crippen molar-refractivity contribution in [1.29, 1.82) is 0 Å². The summed E-state index contributed by atoms with van der Waals surface area (Å²) < 4.78 is 9.81. The molecule has 0 unspecified atom stereocenters. The summed E-state index contributed by atoms with van der Waals surface area (Å²) in [6.07, 6.45) is 1.21. The third kappa shape index (κ3) is 14.5. The van der Waals surface area contributed by atoms with Crippen molar-refractivity contribution < 1.29 is 33.5 Å². The van der Waals surface area contributed by atoms with Gasteiger partial charge in [0.2, 0.25) is 12.8 Å². The van der Waals surface area contributed by atoms with Crippen LogP contribution < -0.4 is 0 Å². The molecule has 0 atom stereocenters. The van der Waals surface area contributed by atoms with Crippen molar-refractivity contribution in [2.45, 2.75) is 65.6 Å². The van der Waals surface area contributed by atoms with Crippen molar-refractivity contribution in [3.63, 3.8) is 0 Å². The number of ether oxygens (including phenoxy) is 2. The van der Waals surface area contributed by atoms with Gasteiger partial charge in [-0.15, -0.1) is 0 Å². The Morgan fingerprint density at radius 3 is 1.38 bits per heavy atom. The Morgan fingerprint density at radius 1 is 0.769 bits per heavy atom. The van der Waals surface area contributed by atoms with Gasteiger partial charge in [0.05, 0.1) is 37.5 Å². The fourth-order valence-electron chi connectivity index (χ4n) is 1.74. The maximum Gasteiger partial charge on any atom is 0.508 e. The van der Waals surface area contributed by atoms with Crippen LogP contribution >= 0.6 is 0 Å². The molecule has 0 aromatic rings. The second-order valence-electron chi connectivity index (χ2n) is 7.55. The van der Waals surface area contributed by atoms with Gasteiger partial charge in [0.15, 0.2) is 0 Å². The Hall–Kier alpha value is -1.87. The van der Waals surface area contributed by atoms with Crippen LogP contribution in [0.25, 0.3) is 0 Å². The molecule has 0 fully saturated rings. The summed E-state index contributed by atoms with van der Waals surface area (Å²) in [5, 5.41) is 2.33. The first kappa shape index (κ1) is 24.1. The number of hydrogen-bond donors (Lipinski definition) is 0. The van der Waals surface area contributed by atoms with Crippen LogP contribution in [0.15, 0.2) is 0 Å². The SMILES string of the molecule is CC(C)(C)ON(C=O)CCCOC(=O)OCCCN(C=O)OC(C)(C)C. The average Bonchev–Trinajstić information content (AvgIpc) is 2.50. The van der Waals surface area contributed by atoms with Gasteiger partial charge in [-0.1, -0.05) is 0 Å². The van der Waals surface area contributed by atoms with Crippen LogP contribution in [0.4, 0.5) is 4.79 Å². The van der Waals surface area contributed by atoms with Crippen LogP contribution in [0.3, 0.4) is 0 Å². The quantitative estimate of drug-likeness (QED) is 0.223. The number of amides is 2. The zero-order valence-electron chi connectivity index (χ0n) is 16.6. The van der Waals surface area contributed by atoms with Crippen LogP contribution in [0.1, 0.15) is 54.4 Å². The van der Waals surface area contributed by atoms with Crippen molar-refractivity contribution >= 4 is 19.0 Å². The van der Waals surface area contributed by atoms with Crippen molar-refractivity contribution in [2.24, 2.45) is 0 Å². The first-order chi connectivity index (χ1) is 12.0. The minimum atomic E-state index is -0.797. The molecule has 0 aliphatic rings. The summed E-state index contributed by atoms with van der Waals surface area (Å²) in [6, 6.07) is 0. The molecule has 0 aromatic heterocycles. The van der Waals surface area contributed by atoms with Crippen LogP contribution in [0.2, 0.25) is 0 Å². The number of carbonyl (C=O) groups excluding carboxylic acids is 3. The maximum atomic E-state index is 11.5. The van der Waals surface area contributed by atoms with Gasteiger partial charge in [-0.05, 0) is 41.5 Å². The molecule has 0 rings (SSSR count).